The molecule has 24 heavy (non-hydrogen) atoms. The molecule has 1 aliphatic rings. The minimum Gasteiger partial charge on any atom is -0.496 e. The van der Waals surface area contributed by atoms with E-state index in [1.165, 1.54) is 0 Å². The summed E-state index contributed by atoms with van der Waals surface area (Å²) in [6.07, 6.45) is -0.854. The normalized spacial score (nSPS) is 16.5. The van der Waals surface area contributed by atoms with Crippen molar-refractivity contribution in [2.24, 2.45) is 0 Å². The Hall–Kier alpha value is -2.73. The van der Waals surface area contributed by atoms with E-state index in [0.29, 0.717) is 34.9 Å². The monoisotopic (exact) mass is 328 g/mol. The lowest BCUT2D eigenvalue weighted by molar-refractivity contribution is 0.0539. The van der Waals surface area contributed by atoms with E-state index in [2.05, 4.69) is 0 Å². The molecule has 3 N–H and O–H groups in total. The molecule has 0 radical (unpaired) electrons. The number of para-hydroxylation sites is 1. The third-order valence-electron chi connectivity index (χ3n) is 4.27. The van der Waals surface area contributed by atoms with Gasteiger partial charge in [0.1, 0.15) is 17.6 Å². The van der Waals surface area contributed by atoms with Gasteiger partial charge in [0.2, 0.25) is 0 Å². The highest BCUT2D eigenvalue weighted by molar-refractivity contribution is 5.99. The number of nitrogens with zero attached hydrogens (tertiary/aromatic N) is 1. The minimum absolute atomic E-state index is 0.170. The van der Waals surface area contributed by atoms with Crippen LogP contribution in [0.1, 0.15) is 27.6 Å². The van der Waals surface area contributed by atoms with Gasteiger partial charge in [0.25, 0.3) is 5.91 Å². The van der Waals surface area contributed by atoms with Gasteiger partial charge in [-0.05, 0) is 24.3 Å². The van der Waals surface area contributed by atoms with Gasteiger partial charge in [-0.25, -0.2) is 0 Å². The molecule has 0 aliphatic carbocycles. The maximum absolute atomic E-state index is 12.8. The van der Waals surface area contributed by atoms with Crippen LogP contribution in [0.4, 0.5) is 5.69 Å². The number of amides is 1. The first-order valence-corrected chi connectivity index (χ1v) is 7.62. The second-order valence-electron chi connectivity index (χ2n) is 5.65. The van der Waals surface area contributed by atoms with Crippen molar-refractivity contribution in [3.63, 3.8) is 0 Å². The molecule has 2 aromatic rings. The van der Waals surface area contributed by atoms with Gasteiger partial charge in [-0.2, -0.15) is 0 Å². The topological polar surface area (TPSA) is 85.0 Å². The third-order valence-corrected chi connectivity index (χ3v) is 4.27. The SMILES string of the molecule is COc1ccc(OC)c2c1CN(C(=O)c1ccccc1N)CC2O. The summed E-state index contributed by atoms with van der Waals surface area (Å²) in [4.78, 5) is 14.4. The van der Waals surface area contributed by atoms with E-state index in [0.717, 1.165) is 5.56 Å². The number of carbonyl (C=O) groups is 1. The van der Waals surface area contributed by atoms with Crippen LogP contribution in [0.5, 0.6) is 11.5 Å². The molecule has 6 heteroatoms. The lowest BCUT2D eigenvalue weighted by atomic mass is 9.94. The number of nitrogens with two attached hydrogens (primary N) is 1. The first-order valence-electron chi connectivity index (χ1n) is 7.62. The molecule has 0 saturated carbocycles. The van der Waals surface area contributed by atoms with Crippen molar-refractivity contribution in [2.45, 2.75) is 12.6 Å². The Labute approximate surface area is 140 Å². The Bertz CT molecular complexity index is 776. The van der Waals surface area contributed by atoms with Gasteiger partial charge in [-0.1, -0.05) is 12.1 Å². The summed E-state index contributed by atoms with van der Waals surface area (Å²) in [6, 6.07) is 10.4. The number of anilines is 1. The zero-order chi connectivity index (χ0) is 17.3. The van der Waals surface area contributed by atoms with Crippen LogP contribution in [-0.2, 0) is 6.54 Å². The average molecular weight is 328 g/mol. The Kier molecular flexibility index (Phi) is 4.31. The summed E-state index contributed by atoms with van der Waals surface area (Å²) in [5, 5.41) is 10.6. The van der Waals surface area contributed by atoms with Gasteiger partial charge < -0.3 is 25.2 Å². The number of ether oxygens (including phenoxy) is 2. The Balaban J connectivity index is 2.00. The molecular formula is C18H20N2O4. The van der Waals surface area contributed by atoms with Gasteiger partial charge in [0, 0.05) is 16.8 Å². The molecule has 1 atom stereocenters. The molecule has 0 aromatic heterocycles. The lowest BCUT2D eigenvalue weighted by Gasteiger charge is -2.34. The van der Waals surface area contributed by atoms with Crippen molar-refractivity contribution >= 4 is 11.6 Å². The highest BCUT2D eigenvalue weighted by Crippen LogP contribution is 2.39. The van der Waals surface area contributed by atoms with E-state index in [4.69, 9.17) is 15.2 Å². The van der Waals surface area contributed by atoms with Crippen molar-refractivity contribution in [3.8, 4) is 11.5 Å². The van der Waals surface area contributed by atoms with Gasteiger partial charge in [0.15, 0.2) is 0 Å². The van der Waals surface area contributed by atoms with Crippen molar-refractivity contribution < 1.29 is 19.4 Å². The fourth-order valence-electron chi connectivity index (χ4n) is 3.09. The molecule has 126 valence electrons. The number of benzene rings is 2. The molecular weight excluding hydrogens is 308 g/mol. The molecule has 0 fully saturated rings. The number of hydrogen-bond donors (Lipinski definition) is 2. The maximum Gasteiger partial charge on any atom is 0.256 e. The molecule has 0 bridgehead atoms. The Morgan fingerprint density at radius 2 is 1.83 bits per heavy atom. The summed E-state index contributed by atoms with van der Waals surface area (Å²) < 4.78 is 10.7. The van der Waals surface area contributed by atoms with Crippen LogP contribution in [0.25, 0.3) is 0 Å². The molecule has 6 nitrogen and oxygen atoms in total. The molecule has 0 spiro atoms. The third kappa shape index (κ3) is 2.65. The number of fused-ring (bicyclic) bond motifs is 1. The van der Waals surface area contributed by atoms with Crippen LogP contribution < -0.4 is 15.2 Å². The van der Waals surface area contributed by atoms with E-state index in [-0.39, 0.29) is 12.5 Å². The zero-order valence-electron chi connectivity index (χ0n) is 13.7. The molecule has 3 rings (SSSR count). The highest BCUT2D eigenvalue weighted by atomic mass is 16.5. The molecule has 2 aromatic carbocycles. The largest absolute Gasteiger partial charge is 0.496 e. The number of nitrogen functional groups attached to an aromatic ring is 1. The fraction of sp³-hybridized carbons (Fsp3) is 0.278. The zero-order valence-corrected chi connectivity index (χ0v) is 13.7. The van der Waals surface area contributed by atoms with Crippen LogP contribution in [0.2, 0.25) is 0 Å². The van der Waals surface area contributed by atoms with E-state index in [1.807, 2.05) is 0 Å². The van der Waals surface area contributed by atoms with E-state index >= 15 is 0 Å². The van der Waals surface area contributed by atoms with E-state index in [1.54, 1.807) is 55.5 Å². The fourth-order valence-corrected chi connectivity index (χ4v) is 3.09. The molecule has 1 amide bonds. The lowest BCUT2D eigenvalue weighted by Crippen LogP contribution is -2.39. The molecule has 1 aliphatic heterocycles. The van der Waals surface area contributed by atoms with Crippen LogP contribution in [0, 0.1) is 0 Å². The van der Waals surface area contributed by atoms with Gasteiger partial charge >= 0.3 is 0 Å². The maximum atomic E-state index is 12.8. The predicted octanol–water partition coefficient (Wildman–Crippen LogP) is 1.98. The van der Waals surface area contributed by atoms with Crippen LogP contribution in [-0.4, -0.2) is 36.7 Å². The second kappa shape index (κ2) is 6.41. The first-order chi connectivity index (χ1) is 11.6. The Morgan fingerprint density at radius 3 is 2.50 bits per heavy atom. The summed E-state index contributed by atoms with van der Waals surface area (Å²) in [5.74, 6) is 0.982. The van der Waals surface area contributed by atoms with E-state index < -0.39 is 6.10 Å². The van der Waals surface area contributed by atoms with Gasteiger partial charge in [-0.15, -0.1) is 0 Å². The minimum atomic E-state index is -0.854. The standard InChI is InChI=1S/C18H20N2O4/c1-23-15-7-8-16(24-2)17-12(15)9-20(10-14(17)21)18(22)11-5-3-4-6-13(11)19/h3-8,14,21H,9-10,19H2,1-2H3. The number of aliphatic hydroxyl groups excluding tert-OH is 1. The summed E-state index contributed by atoms with van der Waals surface area (Å²) >= 11 is 0. The van der Waals surface area contributed by atoms with Crippen molar-refractivity contribution in [1.82, 2.24) is 4.90 Å². The number of methoxy groups -OCH3 is 2. The number of hydrogen-bond acceptors (Lipinski definition) is 5. The first kappa shape index (κ1) is 16.1. The average Bonchev–Trinajstić information content (AvgIpc) is 2.60. The van der Waals surface area contributed by atoms with Gasteiger partial charge in [0.05, 0.1) is 32.9 Å². The molecule has 1 unspecified atom stereocenters. The number of carbonyl (C=O) groups excluding carboxylic acids is 1. The molecule has 1 heterocycles. The number of aliphatic hydroxyl groups is 1. The summed E-state index contributed by atoms with van der Waals surface area (Å²) in [7, 11) is 3.11. The van der Waals surface area contributed by atoms with Crippen LogP contribution >= 0.6 is 0 Å². The molecule has 0 saturated heterocycles. The smallest absolute Gasteiger partial charge is 0.256 e. The van der Waals surface area contributed by atoms with Crippen LogP contribution in [0.3, 0.4) is 0 Å². The Morgan fingerprint density at radius 1 is 1.17 bits per heavy atom. The summed E-state index contributed by atoms with van der Waals surface area (Å²) in [6.45, 7) is 0.490. The van der Waals surface area contributed by atoms with E-state index in [9.17, 15) is 9.90 Å². The van der Waals surface area contributed by atoms with Crippen LogP contribution in [0.15, 0.2) is 36.4 Å². The van der Waals surface area contributed by atoms with Crippen molar-refractivity contribution in [1.29, 1.82) is 0 Å². The van der Waals surface area contributed by atoms with Crippen molar-refractivity contribution in [3.05, 3.63) is 53.1 Å². The number of rotatable bonds is 3. The number of β-amino-alcohol motifs (C(OH)–C–C–N with tert-alkyl or cyclic N) is 1. The second-order valence-corrected chi connectivity index (χ2v) is 5.65. The highest BCUT2D eigenvalue weighted by Gasteiger charge is 2.32. The van der Waals surface area contributed by atoms with Crippen molar-refractivity contribution in [2.75, 3.05) is 26.5 Å². The predicted molar refractivity (Wildman–Crippen MR) is 90.1 cm³/mol. The quantitative estimate of drug-likeness (QED) is 0.842. The van der Waals surface area contributed by atoms with Gasteiger partial charge in [-0.3, -0.25) is 4.79 Å². The summed E-state index contributed by atoms with van der Waals surface area (Å²) in [5.41, 5.74) is 8.16.